The number of likely N-dealkylation sites (tertiary alicyclic amines) is 1. The summed E-state index contributed by atoms with van der Waals surface area (Å²) < 4.78 is 0. The number of rotatable bonds is 4. The van der Waals surface area contributed by atoms with Crippen LogP contribution in [0, 0.1) is 5.92 Å². The maximum absolute atomic E-state index is 12.5. The van der Waals surface area contributed by atoms with Crippen molar-refractivity contribution < 1.29 is 15.0 Å². The van der Waals surface area contributed by atoms with Gasteiger partial charge in [0.15, 0.2) is 6.10 Å². The Kier molecular flexibility index (Phi) is 5.16. The van der Waals surface area contributed by atoms with Gasteiger partial charge in [-0.25, -0.2) is 0 Å². The van der Waals surface area contributed by atoms with E-state index in [1.54, 1.807) is 17.0 Å². The van der Waals surface area contributed by atoms with Crippen molar-refractivity contribution in [3.05, 3.63) is 65.7 Å². The molecule has 1 heterocycles. The van der Waals surface area contributed by atoms with Crippen molar-refractivity contribution in [1.29, 1.82) is 0 Å². The molecule has 24 heavy (non-hydrogen) atoms. The van der Waals surface area contributed by atoms with Crippen molar-refractivity contribution in [3.8, 4) is 5.75 Å². The molecule has 2 N–H and O–H groups in total. The van der Waals surface area contributed by atoms with Crippen LogP contribution in [0.1, 0.15) is 30.1 Å². The standard InChI is InChI=1S/C20H23NO3/c22-18-8-6-17(7-9-18)19(23)20(24)21-12-10-16(11-13-21)14-15-4-2-1-3-5-15/h1-9,16,19,22-23H,10-14H2. The summed E-state index contributed by atoms with van der Waals surface area (Å²) in [6, 6.07) is 16.6. The van der Waals surface area contributed by atoms with Crippen LogP contribution in [0.2, 0.25) is 0 Å². The predicted molar refractivity (Wildman–Crippen MR) is 92.5 cm³/mol. The Morgan fingerprint density at radius 3 is 2.29 bits per heavy atom. The quantitative estimate of drug-likeness (QED) is 0.908. The smallest absolute Gasteiger partial charge is 0.256 e. The van der Waals surface area contributed by atoms with Gasteiger partial charge >= 0.3 is 0 Å². The lowest BCUT2D eigenvalue weighted by Gasteiger charge is -2.33. The van der Waals surface area contributed by atoms with E-state index in [4.69, 9.17) is 0 Å². The van der Waals surface area contributed by atoms with E-state index < -0.39 is 6.10 Å². The molecule has 0 radical (unpaired) electrons. The highest BCUT2D eigenvalue weighted by molar-refractivity contribution is 5.82. The number of carbonyl (C=O) groups excluding carboxylic acids is 1. The molecule has 1 unspecified atom stereocenters. The Balaban J connectivity index is 1.54. The topological polar surface area (TPSA) is 60.8 Å². The van der Waals surface area contributed by atoms with E-state index >= 15 is 0 Å². The lowest BCUT2D eigenvalue weighted by Crippen LogP contribution is -2.41. The Morgan fingerprint density at radius 1 is 1.04 bits per heavy atom. The molecule has 126 valence electrons. The van der Waals surface area contributed by atoms with Gasteiger partial charge in [-0.1, -0.05) is 42.5 Å². The van der Waals surface area contributed by atoms with E-state index in [1.165, 1.54) is 17.7 Å². The molecule has 1 aliphatic rings. The molecule has 1 atom stereocenters. The SMILES string of the molecule is O=C(C(O)c1ccc(O)cc1)N1CCC(Cc2ccccc2)CC1. The van der Waals surface area contributed by atoms with Crippen molar-refractivity contribution >= 4 is 5.91 Å². The van der Waals surface area contributed by atoms with E-state index in [2.05, 4.69) is 24.3 Å². The van der Waals surface area contributed by atoms with Crippen molar-refractivity contribution in [3.63, 3.8) is 0 Å². The minimum atomic E-state index is -1.16. The number of aliphatic hydroxyl groups excluding tert-OH is 1. The number of nitrogens with zero attached hydrogens (tertiary/aromatic N) is 1. The van der Waals surface area contributed by atoms with Crippen molar-refractivity contribution in [2.24, 2.45) is 5.92 Å². The maximum Gasteiger partial charge on any atom is 0.256 e. The molecule has 1 amide bonds. The number of aliphatic hydroxyl groups is 1. The number of benzene rings is 2. The molecule has 1 saturated heterocycles. The molecular formula is C20H23NO3. The van der Waals surface area contributed by atoms with Crippen molar-refractivity contribution in [2.45, 2.75) is 25.4 Å². The van der Waals surface area contributed by atoms with Gasteiger partial charge in [0.1, 0.15) is 5.75 Å². The Labute approximate surface area is 142 Å². The predicted octanol–water partition coefficient (Wildman–Crippen LogP) is 2.91. The van der Waals surface area contributed by atoms with Crippen LogP contribution in [-0.2, 0) is 11.2 Å². The molecule has 1 fully saturated rings. The molecule has 1 aliphatic heterocycles. The zero-order chi connectivity index (χ0) is 16.9. The highest BCUT2D eigenvalue weighted by Gasteiger charge is 2.28. The summed E-state index contributed by atoms with van der Waals surface area (Å²) in [7, 11) is 0. The molecule has 0 spiro atoms. The largest absolute Gasteiger partial charge is 0.508 e. The van der Waals surface area contributed by atoms with E-state index in [0.717, 1.165) is 19.3 Å². The van der Waals surface area contributed by atoms with Gasteiger partial charge in [-0.15, -0.1) is 0 Å². The van der Waals surface area contributed by atoms with Gasteiger partial charge in [-0.2, -0.15) is 0 Å². The molecule has 2 aromatic rings. The van der Waals surface area contributed by atoms with Gasteiger partial charge in [0.25, 0.3) is 5.91 Å². The van der Waals surface area contributed by atoms with Crippen LogP contribution < -0.4 is 0 Å². The lowest BCUT2D eigenvalue weighted by molar-refractivity contribution is -0.142. The average Bonchev–Trinajstić information content (AvgIpc) is 2.63. The Morgan fingerprint density at radius 2 is 1.67 bits per heavy atom. The number of amides is 1. The fourth-order valence-electron chi connectivity index (χ4n) is 3.28. The zero-order valence-electron chi connectivity index (χ0n) is 13.6. The molecule has 4 nitrogen and oxygen atoms in total. The van der Waals surface area contributed by atoms with Crippen LogP contribution in [-0.4, -0.2) is 34.1 Å². The molecular weight excluding hydrogens is 302 g/mol. The monoisotopic (exact) mass is 325 g/mol. The molecule has 3 rings (SSSR count). The summed E-state index contributed by atoms with van der Waals surface area (Å²) in [6.07, 6.45) is 1.81. The molecule has 0 saturated carbocycles. The van der Waals surface area contributed by atoms with Gasteiger partial charge in [0, 0.05) is 13.1 Å². The van der Waals surface area contributed by atoms with Gasteiger partial charge in [0.05, 0.1) is 0 Å². The van der Waals surface area contributed by atoms with Crippen LogP contribution in [0.5, 0.6) is 5.75 Å². The van der Waals surface area contributed by atoms with Gasteiger partial charge < -0.3 is 15.1 Å². The van der Waals surface area contributed by atoms with Gasteiger partial charge in [0.2, 0.25) is 0 Å². The second-order valence-corrected chi connectivity index (χ2v) is 6.45. The Hall–Kier alpha value is -2.33. The van der Waals surface area contributed by atoms with E-state index in [1.807, 2.05) is 6.07 Å². The first kappa shape index (κ1) is 16.5. The highest BCUT2D eigenvalue weighted by Crippen LogP contribution is 2.25. The average molecular weight is 325 g/mol. The summed E-state index contributed by atoms with van der Waals surface area (Å²) in [5, 5.41) is 19.6. The van der Waals surface area contributed by atoms with Crippen LogP contribution in [0.3, 0.4) is 0 Å². The minimum absolute atomic E-state index is 0.125. The second-order valence-electron chi connectivity index (χ2n) is 6.45. The number of phenolic OH excluding ortho intramolecular Hbond substituents is 1. The third-order valence-electron chi connectivity index (χ3n) is 4.74. The first-order valence-corrected chi connectivity index (χ1v) is 8.43. The van der Waals surface area contributed by atoms with Crippen molar-refractivity contribution in [1.82, 2.24) is 4.90 Å². The Bertz CT molecular complexity index is 661. The first-order chi connectivity index (χ1) is 11.6. The molecule has 0 aromatic heterocycles. The normalized spacial score (nSPS) is 16.8. The minimum Gasteiger partial charge on any atom is -0.508 e. The molecule has 4 heteroatoms. The van der Waals surface area contributed by atoms with Gasteiger partial charge in [-0.3, -0.25) is 4.79 Å². The number of phenols is 1. The fourth-order valence-corrected chi connectivity index (χ4v) is 3.28. The molecule has 0 aliphatic carbocycles. The van der Waals surface area contributed by atoms with Gasteiger partial charge in [-0.05, 0) is 48.4 Å². The summed E-state index contributed by atoms with van der Waals surface area (Å²) in [4.78, 5) is 14.2. The fraction of sp³-hybridized carbons (Fsp3) is 0.350. The van der Waals surface area contributed by atoms with Crippen LogP contribution in [0.25, 0.3) is 0 Å². The number of hydrogen-bond donors (Lipinski definition) is 2. The lowest BCUT2D eigenvalue weighted by atomic mass is 9.90. The molecule has 0 bridgehead atoms. The van der Waals surface area contributed by atoms with E-state index in [9.17, 15) is 15.0 Å². The van der Waals surface area contributed by atoms with Crippen molar-refractivity contribution in [2.75, 3.05) is 13.1 Å². The number of hydrogen-bond acceptors (Lipinski definition) is 3. The summed E-state index contributed by atoms with van der Waals surface area (Å²) in [6.45, 7) is 1.37. The first-order valence-electron chi connectivity index (χ1n) is 8.43. The third kappa shape index (κ3) is 3.95. The number of aromatic hydroxyl groups is 1. The third-order valence-corrected chi connectivity index (χ3v) is 4.74. The van der Waals surface area contributed by atoms with E-state index in [-0.39, 0.29) is 11.7 Å². The highest BCUT2D eigenvalue weighted by atomic mass is 16.3. The zero-order valence-corrected chi connectivity index (χ0v) is 13.6. The second kappa shape index (κ2) is 7.49. The summed E-state index contributed by atoms with van der Waals surface area (Å²) >= 11 is 0. The summed E-state index contributed by atoms with van der Waals surface area (Å²) in [5.41, 5.74) is 1.86. The van der Waals surface area contributed by atoms with Crippen LogP contribution in [0.15, 0.2) is 54.6 Å². The van der Waals surface area contributed by atoms with Crippen LogP contribution in [0.4, 0.5) is 0 Å². The maximum atomic E-state index is 12.5. The summed E-state index contributed by atoms with van der Waals surface area (Å²) in [5.74, 6) is 0.459. The van der Waals surface area contributed by atoms with E-state index in [0.29, 0.717) is 24.6 Å². The van der Waals surface area contributed by atoms with Crippen LogP contribution >= 0.6 is 0 Å². The molecule has 2 aromatic carbocycles. The number of piperidine rings is 1. The number of carbonyl (C=O) groups is 1.